The highest BCUT2D eigenvalue weighted by molar-refractivity contribution is 7.09. The zero-order valence-corrected chi connectivity index (χ0v) is 10.6. The van der Waals surface area contributed by atoms with Gasteiger partial charge in [-0.2, -0.15) is 4.37 Å². The van der Waals surface area contributed by atoms with E-state index in [-0.39, 0.29) is 0 Å². The molecular weight excluding hydrogens is 218 g/mol. The Morgan fingerprint density at radius 2 is 2.31 bits per heavy atom. The minimum atomic E-state index is 0.673. The number of hydrogen-bond donors (Lipinski definition) is 1. The Balaban J connectivity index is 1.68. The van der Waals surface area contributed by atoms with Gasteiger partial charge in [0.15, 0.2) is 0 Å². The summed E-state index contributed by atoms with van der Waals surface area (Å²) in [4.78, 5) is 4.64. The van der Waals surface area contributed by atoms with E-state index in [1.807, 2.05) is 0 Å². The summed E-state index contributed by atoms with van der Waals surface area (Å²) >= 11 is 1.53. The Labute approximate surface area is 101 Å². The van der Waals surface area contributed by atoms with Gasteiger partial charge in [-0.15, -0.1) is 0 Å². The number of anilines is 1. The second-order valence-electron chi connectivity index (χ2n) is 5.17. The van der Waals surface area contributed by atoms with Crippen LogP contribution in [-0.2, 0) is 0 Å². The van der Waals surface area contributed by atoms with Crippen molar-refractivity contribution in [2.24, 2.45) is 11.8 Å². The molecule has 0 aliphatic heterocycles. The molecule has 4 heteroatoms. The first-order chi connectivity index (χ1) is 7.86. The van der Waals surface area contributed by atoms with Gasteiger partial charge in [-0.25, -0.2) is 4.98 Å². The molecule has 16 heavy (non-hydrogen) atoms. The highest BCUT2D eigenvalue weighted by Gasteiger charge is 2.41. The fourth-order valence-corrected chi connectivity index (χ4v) is 3.91. The van der Waals surface area contributed by atoms with Crippen LogP contribution >= 0.6 is 11.5 Å². The lowest BCUT2D eigenvalue weighted by Crippen LogP contribution is -2.10. The molecule has 2 aliphatic carbocycles. The van der Waals surface area contributed by atoms with E-state index in [4.69, 9.17) is 0 Å². The van der Waals surface area contributed by atoms with E-state index in [0.717, 1.165) is 35.8 Å². The van der Waals surface area contributed by atoms with E-state index in [2.05, 4.69) is 21.6 Å². The first-order valence-corrected chi connectivity index (χ1v) is 7.21. The Hall–Kier alpha value is -0.640. The van der Waals surface area contributed by atoms with Crippen LogP contribution in [0.4, 0.5) is 5.13 Å². The molecule has 1 aromatic rings. The lowest BCUT2D eigenvalue weighted by atomic mass is 9.88. The molecule has 0 saturated heterocycles. The third-order valence-electron chi connectivity index (χ3n) is 4.04. The summed E-state index contributed by atoms with van der Waals surface area (Å²) in [5.41, 5.74) is 0. The molecule has 0 spiro atoms. The van der Waals surface area contributed by atoms with E-state index >= 15 is 0 Å². The van der Waals surface area contributed by atoms with Gasteiger partial charge in [-0.05, 0) is 37.5 Å². The third-order valence-corrected chi connectivity index (χ3v) is 4.72. The van der Waals surface area contributed by atoms with Crippen LogP contribution in [0.25, 0.3) is 0 Å². The maximum Gasteiger partial charge on any atom is 0.202 e. The van der Waals surface area contributed by atoms with Crippen molar-refractivity contribution in [2.45, 2.75) is 44.9 Å². The van der Waals surface area contributed by atoms with Crippen molar-refractivity contribution in [1.82, 2.24) is 9.36 Å². The number of nitrogens with zero attached hydrogens (tertiary/aromatic N) is 2. The molecule has 2 fully saturated rings. The van der Waals surface area contributed by atoms with Gasteiger partial charge in [0.2, 0.25) is 5.13 Å². The molecule has 0 radical (unpaired) electrons. The van der Waals surface area contributed by atoms with Crippen LogP contribution in [0.15, 0.2) is 0 Å². The summed E-state index contributed by atoms with van der Waals surface area (Å²) in [6, 6.07) is 0. The van der Waals surface area contributed by atoms with E-state index in [1.165, 1.54) is 37.2 Å². The Bertz CT molecular complexity index is 363. The van der Waals surface area contributed by atoms with Gasteiger partial charge in [0.25, 0.3) is 0 Å². The highest BCUT2D eigenvalue weighted by atomic mass is 32.1. The minimum Gasteiger partial charge on any atom is -0.360 e. The summed E-state index contributed by atoms with van der Waals surface area (Å²) < 4.78 is 4.54. The van der Waals surface area contributed by atoms with Crippen LogP contribution in [0.3, 0.4) is 0 Å². The second kappa shape index (κ2) is 4.32. The van der Waals surface area contributed by atoms with Gasteiger partial charge in [-0.3, -0.25) is 0 Å². The van der Waals surface area contributed by atoms with Crippen LogP contribution < -0.4 is 5.32 Å². The Kier molecular flexibility index (Phi) is 2.84. The molecule has 2 bridgehead atoms. The molecule has 1 aromatic heterocycles. The summed E-state index contributed by atoms with van der Waals surface area (Å²) in [7, 11) is 0. The van der Waals surface area contributed by atoms with Crippen LogP contribution in [0, 0.1) is 11.8 Å². The molecule has 0 amide bonds. The van der Waals surface area contributed by atoms with Gasteiger partial charge in [0.1, 0.15) is 5.82 Å². The topological polar surface area (TPSA) is 37.8 Å². The van der Waals surface area contributed by atoms with E-state index in [0.29, 0.717) is 5.92 Å². The van der Waals surface area contributed by atoms with Crippen molar-refractivity contribution >= 4 is 16.7 Å². The van der Waals surface area contributed by atoms with Crippen molar-refractivity contribution in [2.75, 3.05) is 11.9 Å². The average molecular weight is 237 g/mol. The van der Waals surface area contributed by atoms with Crippen molar-refractivity contribution in [3.63, 3.8) is 0 Å². The van der Waals surface area contributed by atoms with Gasteiger partial charge >= 0.3 is 0 Å². The molecule has 0 aromatic carbocycles. The molecule has 3 nitrogen and oxygen atoms in total. The standard InChI is InChI=1S/C12H19N3S/c1-2-5-13-12-14-11(15-16-12)10-7-8-3-4-9(10)6-8/h8-10H,2-7H2,1H3,(H,13,14,15). The number of hydrogen-bond acceptors (Lipinski definition) is 4. The van der Waals surface area contributed by atoms with E-state index < -0.39 is 0 Å². The summed E-state index contributed by atoms with van der Waals surface area (Å²) in [6.07, 6.45) is 6.78. The highest BCUT2D eigenvalue weighted by Crippen LogP contribution is 2.52. The predicted molar refractivity (Wildman–Crippen MR) is 66.9 cm³/mol. The maximum atomic E-state index is 4.64. The second-order valence-corrected chi connectivity index (χ2v) is 5.92. The number of fused-ring (bicyclic) bond motifs is 2. The smallest absolute Gasteiger partial charge is 0.202 e. The molecule has 1 heterocycles. The van der Waals surface area contributed by atoms with Gasteiger partial charge in [-0.1, -0.05) is 13.3 Å². The third kappa shape index (κ3) is 1.83. The number of aromatic nitrogens is 2. The van der Waals surface area contributed by atoms with Crippen LogP contribution in [0.1, 0.15) is 50.8 Å². The van der Waals surface area contributed by atoms with Crippen molar-refractivity contribution < 1.29 is 0 Å². The minimum absolute atomic E-state index is 0.673. The SMILES string of the molecule is CCCNc1nc(C2CC3CCC2C3)ns1. The van der Waals surface area contributed by atoms with Crippen molar-refractivity contribution in [1.29, 1.82) is 0 Å². The van der Waals surface area contributed by atoms with E-state index in [1.54, 1.807) is 0 Å². The molecular formula is C12H19N3S. The lowest BCUT2D eigenvalue weighted by molar-refractivity contribution is 0.408. The van der Waals surface area contributed by atoms with Gasteiger partial charge < -0.3 is 5.32 Å². The summed E-state index contributed by atoms with van der Waals surface area (Å²) in [5.74, 6) is 3.66. The maximum absolute atomic E-state index is 4.64. The number of rotatable bonds is 4. The average Bonchev–Trinajstić information content (AvgIpc) is 3.01. The lowest BCUT2D eigenvalue weighted by Gasteiger charge is -2.18. The predicted octanol–water partition coefficient (Wildman–Crippen LogP) is 3.26. The van der Waals surface area contributed by atoms with Gasteiger partial charge in [0.05, 0.1) is 0 Å². The normalized spacial score (nSPS) is 32.2. The Morgan fingerprint density at radius 1 is 1.38 bits per heavy atom. The monoisotopic (exact) mass is 237 g/mol. The largest absolute Gasteiger partial charge is 0.360 e. The molecule has 88 valence electrons. The molecule has 3 unspecified atom stereocenters. The zero-order valence-electron chi connectivity index (χ0n) is 9.78. The Morgan fingerprint density at radius 3 is 3.00 bits per heavy atom. The summed E-state index contributed by atoms with van der Waals surface area (Å²) in [6.45, 7) is 3.18. The van der Waals surface area contributed by atoms with Crippen LogP contribution in [-0.4, -0.2) is 15.9 Å². The molecule has 3 atom stereocenters. The number of nitrogens with one attached hydrogen (secondary N) is 1. The molecule has 2 saturated carbocycles. The molecule has 1 N–H and O–H groups in total. The fraction of sp³-hybridized carbons (Fsp3) is 0.833. The summed E-state index contributed by atoms with van der Waals surface area (Å²) in [5, 5.41) is 4.34. The van der Waals surface area contributed by atoms with E-state index in [9.17, 15) is 0 Å². The van der Waals surface area contributed by atoms with Crippen molar-refractivity contribution in [3.8, 4) is 0 Å². The van der Waals surface area contributed by atoms with Crippen LogP contribution in [0.2, 0.25) is 0 Å². The first-order valence-electron chi connectivity index (χ1n) is 6.44. The molecule has 3 rings (SSSR count). The molecule has 2 aliphatic rings. The van der Waals surface area contributed by atoms with Crippen molar-refractivity contribution in [3.05, 3.63) is 5.82 Å². The van der Waals surface area contributed by atoms with Crippen LogP contribution in [0.5, 0.6) is 0 Å². The fourth-order valence-electron chi connectivity index (χ4n) is 3.25. The first kappa shape index (κ1) is 10.5. The zero-order chi connectivity index (χ0) is 11.0. The quantitative estimate of drug-likeness (QED) is 0.873. The van der Waals surface area contributed by atoms with Gasteiger partial charge in [0, 0.05) is 24.0 Å².